The van der Waals surface area contributed by atoms with Gasteiger partial charge in [0.15, 0.2) is 0 Å². The number of hydrogen-bond acceptors (Lipinski definition) is 3. The Balaban J connectivity index is 2.25. The average molecular weight is 370 g/mol. The molecule has 0 radical (unpaired) electrons. The predicted octanol–water partition coefficient (Wildman–Crippen LogP) is 3.65. The molecular weight excluding hydrogens is 356 g/mol. The number of carbonyl (C=O) groups excluding carboxylic acids is 2. The first-order chi connectivity index (χ1) is 11.4. The number of benzene rings is 2. The summed E-state index contributed by atoms with van der Waals surface area (Å²) in [7, 11) is 1.19. The maximum atomic E-state index is 13.7. The van der Waals surface area contributed by atoms with Crippen molar-refractivity contribution in [2.75, 3.05) is 7.11 Å². The van der Waals surface area contributed by atoms with E-state index in [0.29, 0.717) is 15.6 Å². The van der Waals surface area contributed by atoms with Crippen molar-refractivity contribution in [3.05, 3.63) is 69.5 Å². The molecule has 0 aliphatic rings. The second kappa shape index (κ2) is 8.13. The van der Waals surface area contributed by atoms with Crippen LogP contribution in [0.5, 0.6) is 0 Å². The molecule has 7 heteroatoms. The maximum Gasteiger partial charge on any atom is 0.328 e. The zero-order valence-corrected chi connectivity index (χ0v) is 14.2. The molecule has 2 aromatic carbocycles. The Morgan fingerprint density at radius 3 is 2.33 bits per heavy atom. The lowest BCUT2D eigenvalue weighted by atomic mass is 10.0. The third-order valence-electron chi connectivity index (χ3n) is 3.38. The van der Waals surface area contributed by atoms with Gasteiger partial charge in [0.05, 0.1) is 12.7 Å². The van der Waals surface area contributed by atoms with Crippen molar-refractivity contribution < 1.29 is 18.7 Å². The minimum Gasteiger partial charge on any atom is -0.467 e. The van der Waals surface area contributed by atoms with E-state index in [2.05, 4.69) is 5.32 Å². The summed E-state index contributed by atoms with van der Waals surface area (Å²) in [5, 5.41) is 3.17. The highest BCUT2D eigenvalue weighted by Gasteiger charge is 2.25. The summed E-state index contributed by atoms with van der Waals surface area (Å²) in [6.45, 7) is 0. The van der Waals surface area contributed by atoms with Gasteiger partial charge in [0.25, 0.3) is 5.91 Å². The van der Waals surface area contributed by atoms with Crippen LogP contribution < -0.4 is 5.32 Å². The van der Waals surface area contributed by atoms with Gasteiger partial charge in [-0.3, -0.25) is 4.79 Å². The second-order valence-corrected chi connectivity index (χ2v) is 5.75. The van der Waals surface area contributed by atoms with Gasteiger partial charge in [0, 0.05) is 16.5 Å². The van der Waals surface area contributed by atoms with E-state index in [0.717, 1.165) is 6.07 Å². The topological polar surface area (TPSA) is 55.4 Å². The first-order valence-electron chi connectivity index (χ1n) is 7.00. The molecule has 0 bridgehead atoms. The molecule has 0 aliphatic carbocycles. The number of nitrogens with one attached hydrogen (secondary N) is 1. The highest BCUT2D eigenvalue weighted by Crippen LogP contribution is 2.25. The van der Waals surface area contributed by atoms with Gasteiger partial charge < -0.3 is 10.1 Å². The fourth-order valence-electron chi connectivity index (χ4n) is 2.15. The number of hydrogen-bond donors (Lipinski definition) is 1. The Morgan fingerprint density at radius 2 is 1.75 bits per heavy atom. The molecule has 0 aromatic heterocycles. The Morgan fingerprint density at radius 1 is 1.12 bits per heavy atom. The Hall–Kier alpha value is -2.11. The predicted molar refractivity (Wildman–Crippen MR) is 89.8 cm³/mol. The minimum absolute atomic E-state index is 0.0192. The number of methoxy groups -OCH3 is 1. The van der Waals surface area contributed by atoms with Crippen LogP contribution >= 0.6 is 23.2 Å². The summed E-state index contributed by atoms with van der Waals surface area (Å²) in [6, 6.07) is 9.32. The summed E-state index contributed by atoms with van der Waals surface area (Å²) < 4.78 is 18.4. The molecule has 126 valence electrons. The monoisotopic (exact) mass is 369 g/mol. The third kappa shape index (κ3) is 4.24. The van der Waals surface area contributed by atoms with Crippen LogP contribution in [0.3, 0.4) is 0 Å². The summed E-state index contributed by atoms with van der Waals surface area (Å²) in [5.41, 5.74) is 0.321. The Kier molecular flexibility index (Phi) is 6.17. The Labute approximate surface area is 148 Å². The van der Waals surface area contributed by atoms with E-state index in [1.165, 1.54) is 25.3 Å². The first kappa shape index (κ1) is 18.2. The molecule has 2 rings (SSSR count). The number of amides is 1. The standard InChI is InChI=1S/C17H14Cl2FNO3/c1-24-17(23)15(9-11-12(18)6-4-7-13(11)19)21-16(22)10-5-2-3-8-14(10)20/h2-8,15H,9H2,1H3,(H,21,22)/t15-/m0/s1. The molecule has 2 aromatic rings. The van der Waals surface area contributed by atoms with Gasteiger partial charge in [-0.1, -0.05) is 41.4 Å². The van der Waals surface area contributed by atoms with Gasteiger partial charge in [-0.05, 0) is 29.8 Å². The first-order valence-corrected chi connectivity index (χ1v) is 7.75. The van der Waals surface area contributed by atoms with E-state index in [1.54, 1.807) is 18.2 Å². The van der Waals surface area contributed by atoms with Crippen molar-refractivity contribution in [1.29, 1.82) is 0 Å². The van der Waals surface area contributed by atoms with Gasteiger partial charge in [-0.15, -0.1) is 0 Å². The number of carbonyl (C=O) groups is 2. The molecule has 24 heavy (non-hydrogen) atoms. The number of ether oxygens (including phenoxy) is 1. The van der Waals surface area contributed by atoms with E-state index in [-0.39, 0.29) is 12.0 Å². The van der Waals surface area contributed by atoms with E-state index in [1.807, 2.05) is 0 Å². The molecule has 0 fully saturated rings. The van der Waals surface area contributed by atoms with Crippen LogP contribution in [0.4, 0.5) is 4.39 Å². The lowest BCUT2D eigenvalue weighted by Gasteiger charge is -2.18. The van der Waals surface area contributed by atoms with Gasteiger partial charge in [-0.2, -0.15) is 0 Å². The molecule has 0 saturated carbocycles. The van der Waals surface area contributed by atoms with Gasteiger partial charge in [0.1, 0.15) is 11.9 Å². The lowest BCUT2D eigenvalue weighted by Crippen LogP contribution is -2.43. The maximum absolute atomic E-state index is 13.7. The second-order valence-electron chi connectivity index (χ2n) is 4.93. The summed E-state index contributed by atoms with van der Waals surface area (Å²) in [5.74, 6) is -2.10. The van der Waals surface area contributed by atoms with Crippen LogP contribution in [-0.2, 0) is 16.0 Å². The van der Waals surface area contributed by atoms with Crippen LogP contribution in [0, 0.1) is 5.82 Å². The van der Waals surface area contributed by atoms with Crippen LogP contribution in [0.15, 0.2) is 42.5 Å². The van der Waals surface area contributed by atoms with Crippen molar-refractivity contribution in [2.24, 2.45) is 0 Å². The smallest absolute Gasteiger partial charge is 0.328 e. The van der Waals surface area contributed by atoms with E-state index >= 15 is 0 Å². The molecule has 0 saturated heterocycles. The zero-order chi connectivity index (χ0) is 17.7. The fourth-order valence-corrected chi connectivity index (χ4v) is 2.70. The van der Waals surface area contributed by atoms with Crippen LogP contribution in [0.2, 0.25) is 10.0 Å². The van der Waals surface area contributed by atoms with Gasteiger partial charge in [0.2, 0.25) is 0 Å². The minimum atomic E-state index is -1.06. The fraction of sp³-hybridized carbons (Fsp3) is 0.176. The highest BCUT2D eigenvalue weighted by molar-refractivity contribution is 6.36. The molecule has 1 N–H and O–H groups in total. The molecule has 0 heterocycles. The average Bonchev–Trinajstić information content (AvgIpc) is 2.56. The van der Waals surface area contributed by atoms with E-state index in [9.17, 15) is 14.0 Å². The lowest BCUT2D eigenvalue weighted by molar-refractivity contribution is -0.142. The highest BCUT2D eigenvalue weighted by atomic mass is 35.5. The summed E-state index contributed by atoms with van der Waals surface area (Å²) >= 11 is 12.2. The number of esters is 1. The van der Waals surface area contributed by atoms with Gasteiger partial charge in [-0.25, -0.2) is 9.18 Å². The molecule has 0 aliphatic heterocycles. The van der Waals surface area contributed by atoms with Gasteiger partial charge >= 0.3 is 5.97 Å². The van der Waals surface area contributed by atoms with Crippen LogP contribution in [0.1, 0.15) is 15.9 Å². The molecule has 0 spiro atoms. The van der Waals surface area contributed by atoms with Crippen molar-refractivity contribution >= 4 is 35.1 Å². The quantitative estimate of drug-likeness (QED) is 0.818. The Bertz CT molecular complexity index is 747. The SMILES string of the molecule is COC(=O)[C@H](Cc1c(Cl)cccc1Cl)NC(=O)c1ccccc1F. The third-order valence-corrected chi connectivity index (χ3v) is 4.09. The molecular formula is C17H14Cl2FNO3. The van der Waals surface area contributed by atoms with E-state index in [4.69, 9.17) is 27.9 Å². The number of rotatable bonds is 5. The van der Waals surface area contributed by atoms with Crippen LogP contribution in [0.25, 0.3) is 0 Å². The van der Waals surface area contributed by atoms with Crippen molar-refractivity contribution in [3.8, 4) is 0 Å². The largest absolute Gasteiger partial charge is 0.467 e. The van der Waals surface area contributed by atoms with Crippen molar-refractivity contribution in [2.45, 2.75) is 12.5 Å². The zero-order valence-electron chi connectivity index (χ0n) is 12.7. The number of halogens is 3. The molecule has 1 atom stereocenters. The molecule has 1 amide bonds. The molecule has 0 unspecified atom stereocenters. The summed E-state index contributed by atoms with van der Waals surface area (Å²) in [6.07, 6.45) is 0.0192. The normalized spacial score (nSPS) is 11.7. The van der Waals surface area contributed by atoms with E-state index < -0.39 is 23.7 Å². The van der Waals surface area contributed by atoms with Crippen molar-refractivity contribution in [1.82, 2.24) is 5.32 Å². The van der Waals surface area contributed by atoms with Crippen LogP contribution in [-0.4, -0.2) is 25.0 Å². The van der Waals surface area contributed by atoms with Crippen molar-refractivity contribution in [3.63, 3.8) is 0 Å². The molecule has 4 nitrogen and oxygen atoms in total. The summed E-state index contributed by atoms with van der Waals surface area (Å²) in [4.78, 5) is 24.2.